The van der Waals surface area contributed by atoms with E-state index in [2.05, 4.69) is 11.8 Å². The molecule has 2 N–H and O–H groups in total. The molecular formula is C9H19FN2. The van der Waals surface area contributed by atoms with Gasteiger partial charge in [0.2, 0.25) is 0 Å². The topological polar surface area (TPSA) is 29.3 Å². The molecule has 0 aliphatic carbocycles. The summed E-state index contributed by atoms with van der Waals surface area (Å²) in [5, 5.41) is 0. The second-order valence-electron chi connectivity index (χ2n) is 3.94. The Balaban J connectivity index is 2.28. The van der Waals surface area contributed by atoms with Crippen LogP contribution < -0.4 is 5.73 Å². The van der Waals surface area contributed by atoms with Gasteiger partial charge in [-0.15, -0.1) is 0 Å². The maximum absolute atomic E-state index is 12.8. The van der Waals surface area contributed by atoms with Crippen molar-refractivity contribution in [2.45, 2.75) is 44.9 Å². The molecule has 0 amide bonds. The molecule has 0 radical (unpaired) electrons. The number of nitrogens with two attached hydrogens (primary N) is 1. The minimum Gasteiger partial charge on any atom is -0.328 e. The molecule has 0 aromatic rings. The number of nitrogens with zero attached hydrogens (tertiary/aromatic N) is 1. The lowest BCUT2D eigenvalue weighted by molar-refractivity contribution is 0.217. The highest BCUT2D eigenvalue weighted by atomic mass is 19.1. The third-order valence-corrected chi connectivity index (χ3v) is 2.50. The maximum Gasteiger partial charge on any atom is 0.114 e. The summed E-state index contributed by atoms with van der Waals surface area (Å²) in [5.74, 6) is 0. The minimum atomic E-state index is -0.611. The second-order valence-corrected chi connectivity index (χ2v) is 3.94. The van der Waals surface area contributed by atoms with Gasteiger partial charge in [-0.1, -0.05) is 0 Å². The molecule has 3 heteroatoms. The monoisotopic (exact) mass is 174 g/mol. The highest BCUT2D eigenvalue weighted by molar-refractivity contribution is 4.80. The first kappa shape index (κ1) is 9.93. The molecule has 72 valence electrons. The molecule has 1 fully saturated rings. The molecule has 0 saturated carbocycles. The predicted octanol–water partition coefficient (Wildman–Crippen LogP) is 1.16. The Hall–Kier alpha value is -0.150. The van der Waals surface area contributed by atoms with Gasteiger partial charge in [-0.3, -0.25) is 4.90 Å². The third-order valence-electron chi connectivity index (χ3n) is 2.50. The van der Waals surface area contributed by atoms with Gasteiger partial charge in [0, 0.05) is 25.2 Å². The summed E-state index contributed by atoms with van der Waals surface area (Å²) in [7, 11) is 0. The molecule has 3 atom stereocenters. The number of rotatable bonds is 3. The first-order chi connectivity index (χ1) is 5.59. The first-order valence-corrected chi connectivity index (χ1v) is 4.73. The molecule has 1 aliphatic rings. The standard InChI is InChI=1S/C9H19FN2/c1-7(11)5-8(2)12-4-3-9(10)6-12/h7-9H,3-6,11H2,1-2H3. The van der Waals surface area contributed by atoms with E-state index in [9.17, 15) is 4.39 Å². The molecule has 2 nitrogen and oxygen atoms in total. The molecule has 1 rings (SSSR count). The second kappa shape index (κ2) is 4.19. The molecule has 1 aliphatic heterocycles. The van der Waals surface area contributed by atoms with E-state index in [1.807, 2.05) is 6.92 Å². The summed E-state index contributed by atoms with van der Waals surface area (Å²) in [4.78, 5) is 2.19. The molecule has 0 aromatic carbocycles. The van der Waals surface area contributed by atoms with Crippen molar-refractivity contribution in [1.29, 1.82) is 0 Å². The van der Waals surface area contributed by atoms with Crippen molar-refractivity contribution in [2.75, 3.05) is 13.1 Å². The van der Waals surface area contributed by atoms with E-state index in [1.54, 1.807) is 0 Å². The van der Waals surface area contributed by atoms with E-state index in [4.69, 9.17) is 5.73 Å². The van der Waals surface area contributed by atoms with Crippen LogP contribution in [0, 0.1) is 0 Å². The van der Waals surface area contributed by atoms with E-state index in [-0.39, 0.29) is 6.04 Å². The summed E-state index contributed by atoms with van der Waals surface area (Å²) in [6.07, 6.45) is 1.05. The Morgan fingerprint density at radius 1 is 1.58 bits per heavy atom. The summed E-state index contributed by atoms with van der Waals surface area (Å²) in [6.45, 7) is 5.63. The van der Waals surface area contributed by atoms with Gasteiger partial charge in [-0.2, -0.15) is 0 Å². The van der Waals surface area contributed by atoms with Crippen LogP contribution in [-0.2, 0) is 0 Å². The number of hydrogen-bond donors (Lipinski definition) is 1. The van der Waals surface area contributed by atoms with Crippen molar-refractivity contribution < 1.29 is 4.39 Å². The van der Waals surface area contributed by atoms with Gasteiger partial charge in [0.15, 0.2) is 0 Å². The van der Waals surface area contributed by atoms with Crippen LogP contribution in [0.1, 0.15) is 26.7 Å². The fourth-order valence-corrected chi connectivity index (χ4v) is 1.83. The van der Waals surface area contributed by atoms with E-state index in [0.29, 0.717) is 19.0 Å². The van der Waals surface area contributed by atoms with Gasteiger partial charge in [0.05, 0.1) is 0 Å². The SMILES string of the molecule is CC(N)CC(C)N1CCC(F)C1. The van der Waals surface area contributed by atoms with Crippen molar-refractivity contribution in [3.8, 4) is 0 Å². The van der Waals surface area contributed by atoms with Crippen LogP contribution in [0.2, 0.25) is 0 Å². The van der Waals surface area contributed by atoms with E-state index in [0.717, 1.165) is 13.0 Å². The van der Waals surface area contributed by atoms with Gasteiger partial charge in [-0.05, 0) is 26.7 Å². The predicted molar refractivity (Wildman–Crippen MR) is 48.8 cm³/mol. The fourth-order valence-electron chi connectivity index (χ4n) is 1.83. The van der Waals surface area contributed by atoms with E-state index < -0.39 is 6.17 Å². The highest BCUT2D eigenvalue weighted by Crippen LogP contribution is 2.17. The van der Waals surface area contributed by atoms with Crippen molar-refractivity contribution in [2.24, 2.45) is 5.73 Å². The zero-order chi connectivity index (χ0) is 9.14. The molecule has 1 saturated heterocycles. The Bertz CT molecular complexity index is 138. The van der Waals surface area contributed by atoms with Gasteiger partial charge < -0.3 is 5.73 Å². The molecule has 0 spiro atoms. The highest BCUT2D eigenvalue weighted by Gasteiger charge is 2.25. The zero-order valence-electron chi connectivity index (χ0n) is 7.96. The van der Waals surface area contributed by atoms with Crippen LogP contribution in [0.15, 0.2) is 0 Å². The summed E-state index contributed by atoms with van der Waals surface area (Å²) >= 11 is 0. The number of likely N-dealkylation sites (tertiary alicyclic amines) is 1. The van der Waals surface area contributed by atoms with Gasteiger partial charge in [-0.25, -0.2) is 4.39 Å². The molecular weight excluding hydrogens is 155 g/mol. The lowest BCUT2D eigenvalue weighted by Crippen LogP contribution is -2.35. The minimum absolute atomic E-state index is 0.221. The lowest BCUT2D eigenvalue weighted by Gasteiger charge is -2.24. The molecule has 12 heavy (non-hydrogen) atoms. The normalized spacial score (nSPS) is 30.5. The van der Waals surface area contributed by atoms with Crippen molar-refractivity contribution in [3.63, 3.8) is 0 Å². The smallest absolute Gasteiger partial charge is 0.114 e. The summed E-state index contributed by atoms with van der Waals surface area (Å²) < 4.78 is 12.8. The average molecular weight is 174 g/mol. The number of alkyl halides is 1. The maximum atomic E-state index is 12.8. The van der Waals surface area contributed by atoms with Gasteiger partial charge in [0.1, 0.15) is 6.17 Å². The quantitative estimate of drug-likeness (QED) is 0.695. The van der Waals surface area contributed by atoms with Crippen LogP contribution in [0.25, 0.3) is 0 Å². The first-order valence-electron chi connectivity index (χ1n) is 4.73. The van der Waals surface area contributed by atoms with Crippen LogP contribution >= 0.6 is 0 Å². The zero-order valence-corrected chi connectivity index (χ0v) is 7.96. The number of halogens is 1. The van der Waals surface area contributed by atoms with Crippen molar-refractivity contribution in [1.82, 2.24) is 4.90 Å². The summed E-state index contributed by atoms with van der Waals surface area (Å²) in [5.41, 5.74) is 5.68. The van der Waals surface area contributed by atoms with E-state index in [1.165, 1.54) is 0 Å². The summed E-state index contributed by atoms with van der Waals surface area (Å²) in [6, 6.07) is 0.657. The Labute approximate surface area is 73.9 Å². The molecule has 0 bridgehead atoms. The van der Waals surface area contributed by atoms with E-state index >= 15 is 0 Å². The van der Waals surface area contributed by atoms with Crippen LogP contribution in [0.3, 0.4) is 0 Å². The van der Waals surface area contributed by atoms with Crippen molar-refractivity contribution >= 4 is 0 Å². The van der Waals surface area contributed by atoms with Crippen LogP contribution in [-0.4, -0.2) is 36.2 Å². The third kappa shape index (κ3) is 2.72. The molecule has 1 heterocycles. The van der Waals surface area contributed by atoms with Crippen LogP contribution in [0.5, 0.6) is 0 Å². The Morgan fingerprint density at radius 2 is 2.25 bits per heavy atom. The van der Waals surface area contributed by atoms with Gasteiger partial charge >= 0.3 is 0 Å². The van der Waals surface area contributed by atoms with Crippen molar-refractivity contribution in [3.05, 3.63) is 0 Å². The fraction of sp³-hybridized carbons (Fsp3) is 1.00. The van der Waals surface area contributed by atoms with Gasteiger partial charge in [0.25, 0.3) is 0 Å². The Morgan fingerprint density at radius 3 is 2.67 bits per heavy atom. The lowest BCUT2D eigenvalue weighted by atomic mass is 10.1. The van der Waals surface area contributed by atoms with Crippen LogP contribution in [0.4, 0.5) is 4.39 Å². The largest absolute Gasteiger partial charge is 0.328 e. The Kier molecular flexibility index (Phi) is 3.47. The average Bonchev–Trinajstić information content (AvgIpc) is 2.34. The molecule has 3 unspecified atom stereocenters. The number of hydrogen-bond acceptors (Lipinski definition) is 2. The molecule has 0 aromatic heterocycles.